The van der Waals surface area contributed by atoms with Gasteiger partial charge in [0, 0.05) is 28.1 Å². The van der Waals surface area contributed by atoms with Crippen LogP contribution < -0.4 is 5.32 Å². The molecule has 4 heteroatoms. The largest absolute Gasteiger partial charge is 0.370 e. The lowest BCUT2D eigenvalue weighted by molar-refractivity contribution is 0.546. The summed E-state index contributed by atoms with van der Waals surface area (Å²) in [5.74, 6) is 1.72. The molecule has 0 aliphatic rings. The molecule has 0 bridgehead atoms. The molecule has 0 amide bonds. The maximum Gasteiger partial charge on any atom is 0.136 e. The third-order valence-corrected chi connectivity index (χ3v) is 3.60. The molecule has 1 aromatic carbocycles. The van der Waals surface area contributed by atoms with Crippen molar-refractivity contribution in [1.82, 2.24) is 9.97 Å². The van der Waals surface area contributed by atoms with Gasteiger partial charge in [-0.1, -0.05) is 54.9 Å². The minimum Gasteiger partial charge on any atom is -0.370 e. The average molecular weight is 334 g/mol. The van der Waals surface area contributed by atoms with E-state index in [4.69, 9.17) is 4.98 Å². The van der Waals surface area contributed by atoms with Crippen molar-refractivity contribution in [2.24, 2.45) is 0 Å². The second kappa shape index (κ2) is 5.92. The Labute approximate surface area is 129 Å². The Bertz CT molecular complexity index is 603. The highest BCUT2D eigenvalue weighted by Crippen LogP contribution is 2.30. The summed E-state index contributed by atoms with van der Waals surface area (Å²) in [4.78, 5) is 9.35. The predicted octanol–water partition coefficient (Wildman–Crippen LogP) is 4.64. The predicted molar refractivity (Wildman–Crippen MR) is 88.0 cm³/mol. The van der Waals surface area contributed by atoms with Crippen molar-refractivity contribution in [3.8, 4) is 11.3 Å². The van der Waals surface area contributed by atoms with Crippen molar-refractivity contribution >= 4 is 21.7 Å². The summed E-state index contributed by atoms with van der Waals surface area (Å²) >= 11 is 3.59. The van der Waals surface area contributed by atoms with Crippen LogP contribution in [0.4, 0.5) is 5.82 Å². The minimum atomic E-state index is -0.0819. The van der Waals surface area contributed by atoms with E-state index in [1.807, 2.05) is 24.3 Å². The second-order valence-electron chi connectivity index (χ2n) is 5.72. The SMILES string of the molecule is CCNc1cc(-c2ccccc2Br)nc(C(C)(C)C)n1. The van der Waals surface area contributed by atoms with Gasteiger partial charge < -0.3 is 5.32 Å². The van der Waals surface area contributed by atoms with Gasteiger partial charge in [-0.2, -0.15) is 0 Å². The molecule has 0 aliphatic heterocycles. The van der Waals surface area contributed by atoms with Crippen LogP contribution >= 0.6 is 15.9 Å². The molecule has 0 aliphatic carbocycles. The Balaban J connectivity index is 2.58. The van der Waals surface area contributed by atoms with Crippen LogP contribution in [0.15, 0.2) is 34.8 Å². The second-order valence-corrected chi connectivity index (χ2v) is 6.58. The van der Waals surface area contributed by atoms with E-state index in [0.29, 0.717) is 0 Å². The Kier molecular flexibility index (Phi) is 4.43. The van der Waals surface area contributed by atoms with Gasteiger partial charge in [0.15, 0.2) is 0 Å². The molecule has 0 unspecified atom stereocenters. The smallest absolute Gasteiger partial charge is 0.136 e. The number of aromatic nitrogens is 2. The lowest BCUT2D eigenvalue weighted by Crippen LogP contribution is -2.17. The zero-order valence-electron chi connectivity index (χ0n) is 12.4. The quantitative estimate of drug-likeness (QED) is 0.889. The molecule has 0 saturated carbocycles. The molecule has 0 fully saturated rings. The number of rotatable bonds is 3. The van der Waals surface area contributed by atoms with Crippen LogP contribution in [0, 0.1) is 0 Å². The van der Waals surface area contributed by atoms with Crippen LogP contribution in [0.25, 0.3) is 11.3 Å². The molecule has 2 rings (SSSR count). The maximum absolute atomic E-state index is 4.74. The van der Waals surface area contributed by atoms with E-state index in [1.54, 1.807) is 0 Å². The van der Waals surface area contributed by atoms with Crippen LogP contribution in [0.5, 0.6) is 0 Å². The van der Waals surface area contributed by atoms with Gasteiger partial charge in [0.05, 0.1) is 5.69 Å². The third kappa shape index (κ3) is 3.37. The molecule has 0 atom stereocenters. The summed E-state index contributed by atoms with van der Waals surface area (Å²) in [7, 11) is 0. The molecule has 20 heavy (non-hydrogen) atoms. The Morgan fingerprint density at radius 2 is 1.85 bits per heavy atom. The van der Waals surface area contributed by atoms with Gasteiger partial charge in [-0.05, 0) is 13.0 Å². The Morgan fingerprint density at radius 3 is 2.45 bits per heavy atom. The van der Waals surface area contributed by atoms with Gasteiger partial charge in [0.25, 0.3) is 0 Å². The molecule has 0 spiro atoms. The van der Waals surface area contributed by atoms with E-state index in [1.165, 1.54) is 0 Å². The molecule has 1 aromatic heterocycles. The summed E-state index contributed by atoms with van der Waals surface area (Å²) in [6.07, 6.45) is 0. The first-order chi connectivity index (χ1) is 9.41. The Hall–Kier alpha value is -1.42. The van der Waals surface area contributed by atoms with Crippen molar-refractivity contribution < 1.29 is 0 Å². The summed E-state index contributed by atoms with van der Waals surface area (Å²) in [6.45, 7) is 9.29. The lowest BCUT2D eigenvalue weighted by atomic mass is 9.95. The Morgan fingerprint density at radius 1 is 1.15 bits per heavy atom. The first-order valence-electron chi connectivity index (χ1n) is 6.80. The molecule has 2 aromatic rings. The average Bonchev–Trinajstić information content (AvgIpc) is 2.38. The summed E-state index contributed by atoms with van der Waals surface area (Å²) in [6, 6.07) is 10.1. The third-order valence-electron chi connectivity index (χ3n) is 2.90. The van der Waals surface area contributed by atoms with Gasteiger partial charge in [0.1, 0.15) is 11.6 Å². The number of nitrogens with zero attached hydrogens (tertiary/aromatic N) is 2. The highest BCUT2D eigenvalue weighted by Gasteiger charge is 2.20. The van der Waals surface area contributed by atoms with E-state index in [-0.39, 0.29) is 5.41 Å². The number of hydrogen-bond donors (Lipinski definition) is 1. The number of halogens is 1. The van der Waals surface area contributed by atoms with Crippen LogP contribution in [-0.2, 0) is 5.41 Å². The normalized spacial score (nSPS) is 11.4. The van der Waals surface area contributed by atoms with Crippen LogP contribution in [0.2, 0.25) is 0 Å². The van der Waals surface area contributed by atoms with E-state index < -0.39 is 0 Å². The molecule has 1 N–H and O–H groups in total. The van der Waals surface area contributed by atoms with E-state index in [2.05, 4.69) is 60.0 Å². The van der Waals surface area contributed by atoms with E-state index in [9.17, 15) is 0 Å². The molecule has 106 valence electrons. The fourth-order valence-electron chi connectivity index (χ4n) is 1.86. The van der Waals surface area contributed by atoms with E-state index >= 15 is 0 Å². The standard InChI is InChI=1S/C16H20BrN3/c1-5-18-14-10-13(11-8-6-7-9-12(11)17)19-15(20-14)16(2,3)4/h6-10H,5H2,1-4H3,(H,18,19,20). The zero-order valence-corrected chi connectivity index (χ0v) is 14.0. The van der Waals surface area contributed by atoms with Crippen molar-refractivity contribution in [2.75, 3.05) is 11.9 Å². The number of benzene rings is 1. The van der Waals surface area contributed by atoms with Gasteiger partial charge in [-0.25, -0.2) is 9.97 Å². The van der Waals surface area contributed by atoms with E-state index in [0.717, 1.165) is 33.9 Å². The molecular formula is C16H20BrN3. The van der Waals surface area contributed by atoms with Gasteiger partial charge >= 0.3 is 0 Å². The molecule has 0 radical (unpaired) electrons. The van der Waals surface area contributed by atoms with Crippen molar-refractivity contribution in [3.05, 3.63) is 40.6 Å². The van der Waals surface area contributed by atoms with Crippen LogP contribution in [-0.4, -0.2) is 16.5 Å². The molecule has 1 heterocycles. The van der Waals surface area contributed by atoms with Gasteiger partial charge in [-0.15, -0.1) is 0 Å². The molecular weight excluding hydrogens is 314 g/mol. The maximum atomic E-state index is 4.74. The summed E-state index contributed by atoms with van der Waals surface area (Å²) < 4.78 is 1.04. The van der Waals surface area contributed by atoms with Crippen molar-refractivity contribution in [2.45, 2.75) is 33.1 Å². The number of hydrogen-bond acceptors (Lipinski definition) is 3. The van der Waals surface area contributed by atoms with Crippen LogP contribution in [0.1, 0.15) is 33.5 Å². The highest BCUT2D eigenvalue weighted by molar-refractivity contribution is 9.10. The fourth-order valence-corrected chi connectivity index (χ4v) is 2.35. The zero-order chi connectivity index (χ0) is 14.8. The highest BCUT2D eigenvalue weighted by atomic mass is 79.9. The summed E-state index contributed by atoms with van der Waals surface area (Å²) in [5.41, 5.74) is 1.94. The number of nitrogens with one attached hydrogen (secondary N) is 1. The van der Waals surface area contributed by atoms with Crippen LogP contribution in [0.3, 0.4) is 0 Å². The van der Waals surface area contributed by atoms with Gasteiger partial charge in [0.2, 0.25) is 0 Å². The first-order valence-corrected chi connectivity index (χ1v) is 7.59. The fraction of sp³-hybridized carbons (Fsp3) is 0.375. The minimum absolute atomic E-state index is 0.0819. The molecule has 3 nitrogen and oxygen atoms in total. The first kappa shape index (κ1) is 15.0. The monoisotopic (exact) mass is 333 g/mol. The van der Waals surface area contributed by atoms with Crippen molar-refractivity contribution in [1.29, 1.82) is 0 Å². The lowest BCUT2D eigenvalue weighted by Gasteiger charge is -2.19. The number of anilines is 1. The van der Waals surface area contributed by atoms with Crippen molar-refractivity contribution in [3.63, 3.8) is 0 Å². The summed E-state index contributed by atoms with van der Waals surface area (Å²) in [5, 5.41) is 3.28. The molecule has 0 saturated heterocycles. The topological polar surface area (TPSA) is 37.8 Å². The van der Waals surface area contributed by atoms with Gasteiger partial charge in [-0.3, -0.25) is 0 Å².